The van der Waals surface area contributed by atoms with Crippen LogP contribution in [0.15, 0.2) is 29.2 Å². The van der Waals surface area contributed by atoms with Crippen LogP contribution < -0.4 is 0 Å². The molecule has 0 atom stereocenters. The first-order chi connectivity index (χ1) is 9.81. The SMILES string of the molecule is CC(C)(C)CCC(=O)CS(=O)(=O)c1ccc(C(C)(C)C)cc1. The van der Waals surface area contributed by atoms with Gasteiger partial charge in [0.15, 0.2) is 9.84 Å². The molecule has 0 unspecified atom stereocenters. The molecule has 0 saturated heterocycles. The van der Waals surface area contributed by atoms with Gasteiger partial charge in [0.1, 0.15) is 11.5 Å². The fraction of sp³-hybridized carbons (Fsp3) is 0.611. The minimum absolute atomic E-state index is 0.0230. The summed E-state index contributed by atoms with van der Waals surface area (Å²) in [5.41, 5.74) is 1.09. The summed E-state index contributed by atoms with van der Waals surface area (Å²) in [6.07, 6.45) is 1.01. The average molecular weight is 324 g/mol. The summed E-state index contributed by atoms with van der Waals surface area (Å²) >= 11 is 0. The molecule has 0 aliphatic carbocycles. The van der Waals surface area contributed by atoms with E-state index in [-0.39, 0.29) is 21.5 Å². The van der Waals surface area contributed by atoms with Crippen LogP contribution in [0.25, 0.3) is 0 Å². The zero-order valence-electron chi connectivity index (χ0n) is 14.6. The highest BCUT2D eigenvalue weighted by Gasteiger charge is 2.22. The van der Waals surface area contributed by atoms with E-state index in [1.165, 1.54) is 0 Å². The van der Waals surface area contributed by atoms with Gasteiger partial charge in [-0.15, -0.1) is 0 Å². The van der Waals surface area contributed by atoms with Crippen LogP contribution in [-0.4, -0.2) is 20.0 Å². The zero-order chi connectivity index (χ0) is 17.2. The Hall–Kier alpha value is -1.16. The number of ketones is 1. The first-order valence-electron chi connectivity index (χ1n) is 7.66. The maximum absolute atomic E-state index is 12.3. The standard InChI is InChI=1S/C18H28O3S/c1-17(2,3)12-11-15(19)13-22(20,21)16-9-7-14(8-10-16)18(4,5)6/h7-10H,11-13H2,1-6H3. The molecule has 1 aromatic rings. The molecule has 0 N–H and O–H groups in total. The second kappa shape index (κ2) is 6.53. The van der Waals surface area contributed by atoms with Crippen molar-refractivity contribution in [2.45, 2.75) is 64.7 Å². The predicted molar refractivity (Wildman–Crippen MR) is 90.9 cm³/mol. The Bertz CT molecular complexity index is 612. The third-order valence-electron chi connectivity index (χ3n) is 3.58. The maximum atomic E-state index is 12.3. The van der Waals surface area contributed by atoms with Gasteiger partial charge < -0.3 is 0 Å². The molecule has 0 spiro atoms. The number of carbonyl (C=O) groups is 1. The molecule has 1 aromatic carbocycles. The van der Waals surface area contributed by atoms with Gasteiger partial charge in [-0.05, 0) is 34.9 Å². The molecule has 0 bridgehead atoms. The minimum Gasteiger partial charge on any atom is -0.299 e. The van der Waals surface area contributed by atoms with E-state index in [9.17, 15) is 13.2 Å². The van der Waals surface area contributed by atoms with Gasteiger partial charge in [0.2, 0.25) is 0 Å². The highest BCUT2D eigenvalue weighted by Crippen LogP contribution is 2.24. The number of Topliss-reactive ketones (excluding diaryl/α,β-unsaturated/α-hetero) is 1. The molecule has 0 heterocycles. The normalized spacial score (nSPS) is 13.2. The highest BCUT2D eigenvalue weighted by atomic mass is 32.2. The molecule has 1 rings (SSSR count). The van der Waals surface area contributed by atoms with Gasteiger partial charge in [-0.1, -0.05) is 53.7 Å². The third kappa shape index (κ3) is 5.91. The Labute approximate surface area is 135 Å². The van der Waals surface area contributed by atoms with Gasteiger partial charge >= 0.3 is 0 Å². The molecule has 124 valence electrons. The first-order valence-corrected chi connectivity index (χ1v) is 9.31. The monoisotopic (exact) mass is 324 g/mol. The number of sulfone groups is 1. The van der Waals surface area contributed by atoms with E-state index >= 15 is 0 Å². The quantitative estimate of drug-likeness (QED) is 0.817. The molecule has 0 amide bonds. The molecule has 0 radical (unpaired) electrons. The van der Waals surface area contributed by atoms with Crippen LogP contribution in [-0.2, 0) is 20.0 Å². The Balaban J connectivity index is 2.80. The van der Waals surface area contributed by atoms with E-state index < -0.39 is 15.6 Å². The van der Waals surface area contributed by atoms with Crippen molar-refractivity contribution in [3.05, 3.63) is 29.8 Å². The maximum Gasteiger partial charge on any atom is 0.185 e. The lowest BCUT2D eigenvalue weighted by atomic mass is 9.87. The molecule has 0 aliphatic rings. The van der Waals surface area contributed by atoms with Gasteiger partial charge in [0.05, 0.1) is 4.90 Å². The summed E-state index contributed by atoms with van der Waals surface area (Å²) in [7, 11) is -3.54. The summed E-state index contributed by atoms with van der Waals surface area (Å²) < 4.78 is 24.6. The van der Waals surface area contributed by atoms with Crippen molar-refractivity contribution >= 4 is 15.6 Å². The lowest BCUT2D eigenvalue weighted by Gasteiger charge is -2.19. The number of carbonyl (C=O) groups excluding carboxylic acids is 1. The van der Waals surface area contributed by atoms with Gasteiger partial charge in [-0.2, -0.15) is 0 Å². The van der Waals surface area contributed by atoms with Crippen molar-refractivity contribution in [2.75, 3.05) is 5.75 Å². The molecule has 22 heavy (non-hydrogen) atoms. The van der Waals surface area contributed by atoms with Crippen LogP contribution in [0.3, 0.4) is 0 Å². The summed E-state index contributed by atoms with van der Waals surface area (Å²) in [6, 6.07) is 6.86. The topological polar surface area (TPSA) is 51.2 Å². The molecule has 0 fully saturated rings. The summed E-state index contributed by atoms with van der Waals surface area (Å²) in [5.74, 6) is -0.618. The van der Waals surface area contributed by atoms with Crippen LogP contribution in [0.2, 0.25) is 0 Å². The van der Waals surface area contributed by atoms with Gasteiger partial charge in [-0.25, -0.2) is 8.42 Å². The zero-order valence-corrected chi connectivity index (χ0v) is 15.4. The van der Waals surface area contributed by atoms with Gasteiger partial charge in [0, 0.05) is 6.42 Å². The van der Waals surface area contributed by atoms with Crippen LogP contribution in [0.5, 0.6) is 0 Å². The largest absolute Gasteiger partial charge is 0.299 e. The molecule has 0 saturated carbocycles. The number of rotatable bonds is 5. The smallest absolute Gasteiger partial charge is 0.185 e. The Morgan fingerprint density at radius 2 is 1.45 bits per heavy atom. The molecule has 0 aromatic heterocycles. The predicted octanol–water partition coefficient (Wildman–Crippen LogP) is 4.15. The van der Waals surface area contributed by atoms with Crippen LogP contribution in [0.1, 0.15) is 59.9 Å². The molecular formula is C18H28O3S. The van der Waals surface area contributed by atoms with Crippen molar-refractivity contribution in [3.8, 4) is 0 Å². The Kier molecular flexibility index (Phi) is 5.61. The number of hydrogen-bond donors (Lipinski definition) is 0. The number of hydrogen-bond acceptors (Lipinski definition) is 3. The molecule has 3 nitrogen and oxygen atoms in total. The second-order valence-corrected chi connectivity index (χ2v) is 10.1. The third-order valence-corrected chi connectivity index (χ3v) is 5.28. The van der Waals surface area contributed by atoms with E-state index in [1.54, 1.807) is 12.1 Å². The summed E-state index contributed by atoms with van der Waals surface area (Å²) in [6.45, 7) is 12.4. The fourth-order valence-electron chi connectivity index (χ4n) is 2.04. The van der Waals surface area contributed by atoms with E-state index in [2.05, 4.69) is 20.8 Å². The molecular weight excluding hydrogens is 296 g/mol. The molecule has 0 aliphatic heterocycles. The lowest BCUT2D eigenvalue weighted by molar-refractivity contribution is -0.117. The summed E-state index contributed by atoms with van der Waals surface area (Å²) in [5, 5.41) is 0. The van der Waals surface area contributed by atoms with Gasteiger partial charge in [-0.3, -0.25) is 4.79 Å². The molecule has 4 heteroatoms. The van der Waals surface area contributed by atoms with E-state index in [0.29, 0.717) is 12.8 Å². The minimum atomic E-state index is -3.54. The van der Waals surface area contributed by atoms with Crippen molar-refractivity contribution in [1.82, 2.24) is 0 Å². The van der Waals surface area contributed by atoms with Crippen molar-refractivity contribution in [2.24, 2.45) is 5.41 Å². The highest BCUT2D eigenvalue weighted by molar-refractivity contribution is 7.92. The van der Waals surface area contributed by atoms with Crippen molar-refractivity contribution < 1.29 is 13.2 Å². The Morgan fingerprint density at radius 1 is 0.955 bits per heavy atom. The lowest BCUT2D eigenvalue weighted by Crippen LogP contribution is -2.18. The number of benzene rings is 1. The fourth-order valence-corrected chi connectivity index (χ4v) is 3.33. The van der Waals surface area contributed by atoms with Crippen molar-refractivity contribution in [1.29, 1.82) is 0 Å². The average Bonchev–Trinajstić information content (AvgIpc) is 2.34. The van der Waals surface area contributed by atoms with E-state index in [4.69, 9.17) is 0 Å². The van der Waals surface area contributed by atoms with Gasteiger partial charge in [0.25, 0.3) is 0 Å². The van der Waals surface area contributed by atoms with Crippen LogP contribution in [0, 0.1) is 5.41 Å². The van der Waals surface area contributed by atoms with Crippen LogP contribution >= 0.6 is 0 Å². The van der Waals surface area contributed by atoms with E-state index in [0.717, 1.165) is 5.56 Å². The van der Waals surface area contributed by atoms with Crippen molar-refractivity contribution in [3.63, 3.8) is 0 Å². The first kappa shape index (κ1) is 18.9. The second-order valence-electron chi connectivity index (χ2n) is 8.13. The van der Waals surface area contributed by atoms with Crippen LogP contribution in [0.4, 0.5) is 0 Å². The Morgan fingerprint density at radius 3 is 1.86 bits per heavy atom. The summed E-state index contributed by atoms with van der Waals surface area (Å²) in [4.78, 5) is 12.2. The van der Waals surface area contributed by atoms with E-state index in [1.807, 2.05) is 32.9 Å².